The molecule has 19 heavy (non-hydrogen) atoms. The number of nitro groups is 1. The quantitative estimate of drug-likeness (QED) is 0.381. The molecule has 0 saturated heterocycles. The minimum absolute atomic E-state index is 0.0142. The van der Waals surface area contributed by atoms with Gasteiger partial charge in [0, 0.05) is 9.37 Å². The van der Waals surface area contributed by atoms with Crippen LogP contribution in [0.4, 0.5) is 11.5 Å². The van der Waals surface area contributed by atoms with Gasteiger partial charge in [0.05, 0.1) is 4.92 Å². The topological polar surface area (TPSA) is 107 Å². The SMILES string of the molecule is NNc1ncnc(Sc2ccc(Br)cc2)c1[N+](=O)[O-]. The molecular formula is C10H8BrN5O2S. The van der Waals surface area contributed by atoms with E-state index in [1.54, 1.807) is 0 Å². The van der Waals surface area contributed by atoms with Crippen molar-refractivity contribution >= 4 is 39.2 Å². The average Bonchev–Trinajstić information content (AvgIpc) is 2.40. The van der Waals surface area contributed by atoms with E-state index in [1.165, 1.54) is 18.1 Å². The Labute approximate surface area is 120 Å². The van der Waals surface area contributed by atoms with Gasteiger partial charge in [0.25, 0.3) is 0 Å². The average molecular weight is 342 g/mol. The Morgan fingerprint density at radius 1 is 1.32 bits per heavy atom. The van der Waals surface area contributed by atoms with Crippen molar-refractivity contribution in [1.29, 1.82) is 0 Å². The van der Waals surface area contributed by atoms with Crippen LogP contribution in [0.15, 0.2) is 45.0 Å². The Morgan fingerprint density at radius 3 is 2.58 bits per heavy atom. The molecule has 0 atom stereocenters. The van der Waals surface area contributed by atoms with E-state index in [-0.39, 0.29) is 16.5 Å². The van der Waals surface area contributed by atoms with E-state index in [0.717, 1.165) is 9.37 Å². The van der Waals surface area contributed by atoms with Crippen molar-refractivity contribution in [2.75, 3.05) is 5.43 Å². The number of nitrogens with one attached hydrogen (secondary N) is 1. The van der Waals surface area contributed by atoms with Gasteiger partial charge >= 0.3 is 5.69 Å². The molecule has 0 bridgehead atoms. The third-order valence-electron chi connectivity index (χ3n) is 2.14. The maximum Gasteiger partial charge on any atom is 0.344 e. The molecule has 0 spiro atoms. The maximum atomic E-state index is 11.1. The van der Waals surface area contributed by atoms with Gasteiger partial charge in [0.1, 0.15) is 6.33 Å². The van der Waals surface area contributed by atoms with Crippen molar-refractivity contribution in [1.82, 2.24) is 9.97 Å². The summed E-state index contributed by atoms with van der Waals surface area (Å²) < 4.78 is 0.929. The lowest BCUT2D eigenvalue weighted by Gasteiger charge is -2.05. The summed E-state index contributed by atoms with van der Waals surface area (Å²) in [5.41, 5.74) is 1.96. The summed E-state index contributed by atoms with van der Waals surface area (Å²) in [6, 6.07) is 7.35. The van der Waals surface area contributed by atoms with Gasteiger partial charge in [-0.2, -0.15) is 0 Å². The van der Waals surface area contributed by atoms with Crippen LogP contribution in [-0.2, 0) is 0 Å². The van der Waals surface area contributed by atoms with Crippen LogP contribution in [0.25, 0.3) is 0 Å². The smallest absolute Gasteiger partial charge is 0.303 e. The molecule has 0 radical (unpaired) electrons. The summed E-state index contributed by atoms with van der Waals surface area (Å²) in [6.07, 6.45) is 1.23. The maximum absolute atomic E-state index is 11.1. The van der Waals surface area contributed by atoms with Crippen LogP contribution in [-0.4, -0.2) is 14.9 Å². The van der Waals surface area contributed by atoms with Gasteiger partial charge in [-0.25, -0.2) is 15.8 Å². The summed E-state index contributed by atoms with van der Waals surface area (Å²) in [5, 5.41) is 11.3. The summed E-state index contributed by atoms with van der Waals surface area (Å²) in [7, 11) is 0. The highest BCUT2D eigenvalue weighted by Crippen LogP contribution is 2.36. The summed E-state index contributed by atoms with van der Waals surface area (Å²) in [4.78, 5) is 19.0. The van der Waals surface area contributed by atoms with Gasteiger partial charge < -0.3 is 5.43 Å². The number of anilines is 1. The molecule has 0 aliphatic rings. The number of aromatic nitrogens is 2. The first-order chi connectivity index (χ1) is 9.11. The van der Waals surface area contributed by atoms with E-state index in [4.69, 9.17) is 5.84 Å². The molecule has 0 amide bonds. The number of nitrogens with two attached hydrogens (primary N) is 1. The Balaban J connectivity index is 2.39. The van der Waals surface area contributed by atoms with Crippen molar-refractivity contribution in [3.63, 3.8) is 0 Å². The van der Waals surface area contributed by atoms with Crippen molar-refractivity contribution < 1.29 is 4.92 Å². The molecule has 1 aromatic heterocycles. The minimum Gasteiger partial charge on any atom is -0.303 e. The molecule has 0 aliphatic carbocycles. The molecular weight excluding hydrogens is 334 g/mol. The van der Waals surface area contributed by atoms with Gasteiger partial charge in [-0.1, -0.05) is 27.7 Å². The molecule has 1 heterocycles. The van der Waals surface area contributed by atoms with Crippen LogP contribution in [0.1, 0.15) is 0 Å². The fourth-order valence-corrected chi connectivity index (χ4v) is 2.45. The Hall–Kier alpha value is -1.71. The molecule has 2 aromatic rings. The monoisotopic (exact) mass is 341 g/mol. The Kier molecular flexibility index (Phi) is 4.30. The van der Waals surface area contributed by atoms with Crippen LogP contribution < -0.4 is 11.3 Å². The molecule has 9 heteroatoms. The van der Waals surface area contributed by atoms with Gasteiger partial charge in [-0.05, 0) is 24.3 Å². The predicted molar refractivity (Wildman–Crippen MR) is 74.8 cm³/mol. The highest BCUT2D eigenvalue weighted by Gasteiger charge is 2.23. The zero-order valence-electron chi connectivity index (χ0n) is 9.41. The van der Waals surface area contributed by atoms with E-state index in [2.05, 4.69) is 31.3 Å². The van der Waals surface area contributed by atoms with Crippen LogP contribution in [0.5, 0.6) is 0 Å². The first kappa shape index (κ1) is 13.7. The first-order valence-corrected chi connectivity index (χ1v) is 6.62. The summed E-state index contributed by atoms with van der Waals surface area (Å²) >= 11 is 4.49. The van der Waals surface area contributed by atoms with Crippen molar-refractivity contribution in [2.45, 2.75) is 9.92 Å². The molecule has 3 N–H and O–H groups in total. The van der Waals surface area contributed by atoms with Crippen LogP contribution in [0, 0.1) is 10.1 Å². The highest BCUT2D eigenvalue weighted by molar-refractivity contribution is 9.10. The largest absolute Gasteiger partial charge is 0.344 e. The number of benzene rings is 1. The third-order valence-corrected chi connectivity index (χ3v) is 3.66. The number of nitrogens with zero attached hydrogens (tertiary/aromatic N) is 3. The fourth-order valence-electron chi connectivity index (χ4n) is 1.32. The number of hydrogen-bond donors (Lipinski definition) is 2. The van der Waals surface area contributed by atoms with Crippen molar-refractivity contribution in [2.24, 2.45) is 5.84 Å². The zero-order chi connectivity index (χ0) is 13.8. The number of nitrogen functional groups attached to an aromatic ring is 1. The van der Waals surface area contributed by atoms with Crippen LogP contribution in [0.2, 0.25) is 0 Å². The lowest BCUT2D eigenvalue weighted by atomic mass is 10.4. The molecule has 1 aromatic carbocycles. The van der Waals surface area contributed by atoms with E-state index in [9.17, 15) is 10.1 Å². The highest BCUT2D eigenvalue weighted by atomic mass is 79.9. The first-order valence-electron chi connectivity index (χ1n) is 5.01. The normalized spacial score (nSPS) is 10.2. The number of halogens is 1. The number of rotatable bonds is 4. The predicted octanol–water partition coefficient (Wildman–Crippen LogP) is 2.58. The van der Waals surface area contributed by atoms with Crippen LogP contribution >= 0.6 is 27.7 Å². The van der Waals surface area contributed by atoms with Crippen LogP contribution in [0.3, 0.4) is 0 Å². The van der Waals surface area contributed by atoms with Crippen molar-refractivity contribution in [3.8, 4) is 0 Å². The molecule has 2 rings (SSSR count). The Bertz CT molecular complexity index is 607. The van der Waals surface area contributed by atoms with E-state index in [1.807, 2.05) is 24.3 Å². The van der Waals surface area contributed by atoms with Gasteiger partial charge in [-0.15, -0.1) is 0 Å². The van der Waals surface area contributed by atoms with Gasteiger partial charge in [-0.3, -0.25) is 10.1 Å². The minimum atomic E-state index is -0.559. The second-order valence-corrected chi connectivity index (χ2v) is 5.31. The van der Waals surface area contributed by atoms with Crippen molar-refractivity contribution in [3.05, 3.63) is 45.2 Å². The molecule has 7 nitrogen and oxygen atoms in total. The van der Waals surface area contributed by atoms with Gasteiger partial charge in [0.15, 0.2) is 5.03 Å². The summed E-state index contributed by atoms with van der Waals surface area (Å²) in [6.45, 7) is 0. The number of hydrazine groups is 1. The zero-order valence-corrected chi connectivity index (χ0v) is 11.8. The molecule has 0 saturated carbocycles. The molecule has 0 unspecified atom stereocenters. The third kappa shape index (κ3) is 3.19. The standard InChI is InChI=1S/C10H8BrN5O2S/c11-6-1-3-7(4-2-6)19-10-8(16(17)18)9(15-12)13-5-14-10/h1-5H,12H2,(H,13,14,15). The fraction of sp³-hybridized carbons (Fsp3) is 0. The summed E-state index contributed by atoms with van der Waals surface area (Å²) in [5.74, 6) is 5.20. The Morgan fingerprint density at radius 2 is 2.00 bits per heavy atom. The van der Waals surface area contributed by atoms with E-state index < -0.39 is 4.92 Å². The lowest BCUT2D eigenvalue weighted by Crippen LogP contribution is -2.11. The number of hydrogen-bond acceptors (Lipinski definition) is 7. The molecule has 0 fully saturated rings. The van der Waals surface area contributed by atoms with E-state index in [0.29, 0.717) is 0 Å². The molecule has 0 aliphatic heterocycles. The van der Waals surface area contributed by atoms with E-state index >= 15 is 0 Å². The van der Waals surface area contributed by atoms with Gasteiger partial charge in [0.2, 0.25) is 5.82 Å². The second kappa shape index (κ2) is 5.95. The lowest BCUT2D eigenvalue weighted by molar-refractivity contribution is -0.387. The second-order valence-electron chi connectivity index (χ2n) is 3.33. The molecule has 98 valence electrons.